The Morgan fingerprint density at radius 1 is 1.24 bits per heavy atom. The Morgan fingerprint density at radius 2 is 1.94 bits per heavy atom. The lowest BCUT2D eigenvalue weighted by Crippen LogP contribution is -2.51. The number of benzene rings is 1. The van der Waals surface area contributed by atoms with E-state index in [1.165, 1.54) is 11.1 Å². The molecule has 0 aromatic heterocycles. The summed E-state index contributed by atoms with van der Waals surface area (Å²) in [5.41, 5.74) is 3.63. The van der Waals surface area contributed by atoms with Crippen molar-refractivity contribution in [2.75, 3.05) is 4.90 Å². The van der Waals surface area contributed by atoms with Crippen molar-refractivity contribution in [3.63, 3.8) is 0 Å². The Morgan fingerprint density at radius 3 is 2.59 bits per heavy atom. The van der Waals surface area contributed by atoms with Gasteiger partial charge in [0.15, 0.2) is 5.11 Å². The molecule has 0 bridgehead atoms. The average molecular weight is 246 g/mol. The van der Waals surface area contributed by atoms with Crippen LogP contribution in [0.2, 0.25) is 0 Å². The third kappa shape index (κ3) is 2.34. The molecule has 0 saturated carbocycles. The third-order valence-corrected chi connectivity index (χ3v) is 3.42. The molecule has 1 aromatic carbocycles. The van der Waals surface area contributed by atoms with Gasteiger partial charge in [0, 0.05) is 6.20 Å². The highest BCUT2D eigenvalue weighted by Gasteiger charge is 2.24. The molecule has 1 N–H and O–H groups in total. The number of nitrogens with zero attached hydrogens (tertiary/aromatic N) is 1. The van der Waals surface area contributed by atoms with Crippen molar-refractivity contribution in [3.05, 3.63) is 41.6 Å². The summed E-state index contributed by atoms with van der Waals surface area (Å²) in [7, 11) is 0. The standard InChI is InChI=1S/C14H18N2S/c1-10-6-5-7-12(11(10)2)16-9-8-14(3,4)15-13(16)17/h5-9H,1-4H3,(H,15,17). The van der Waals surface area contributed by atoms with E-state index in [-0.39, 0.29) is 5.54 Å². The summed E-state index contributed by atoms with van der Waals surface area (Å²) >= 11 is 5.42. The van der Waals surface area contributed by atoms with Crippen LogP contribution >= 0.6 is 12.2 Å². The summed E-state index contributed by atoms with van der Waals surface area (Å²) in [6.45, 7) is 8.46. The molecule has 0 amide bonds. The van der Waals surface area contributed by atoms with Gasteiger partial charge < -0.3 is 5.32 Å². The maximum atomic E-state index is 5.42. The van der Waals surface area contributed by atoms with Crippen molar-refractivity contribution in [2.24, 2.45) is 0 Å². The first-order valence-electron chi connectivity index (χ1n) is 5.78. The average Bonchev–Trinajstić information content (AvgIpc) is 2.22. The van der Waals surface area contributed by atoms with E-state index >= 15 is 0 Å². The largest absolute Gasteiger partial charge is 0.354 e. The predicted molar refractivity (Wildman–Crippen MR) is 77.3 cm³/mol. The highest BCUT2D eigenvalue weighted by molar-refractivity contribution is 7.80. The quantitative estimate of drug-likeness (QED) is 0.765. The van der Waals surface area contributed by atoms with E-state index < -0.39 is 0 Å². The van der Waals surface area contributed by atoms with Crippen LogP contribution in [-0.2, 0) is 0 Å². The summed E-state index contributed by atoms with van der Waals surface area (Å²) < 4.78 is 0. The van der Waals surface area contributed by atoms with Crippen LogP contribution in [0.5, 0.6) is 0 Å². The fourth-order valence-corrected chi connectivity index (χ4v) is 2.31. The lowest BCUT2D eigenvalue weighted by Gasteiger charge is -2.35. The normalized spacial score (nSPS) is 18.1. The lowest BCUT2D eigenvalue weighted by molar-refractivity contribution is 0.566. The first-order valence-corrected chi connectivity index (χ1v) is 6.18. The SMILES string of the molecule is Cc1cccc(N2C=CC(C)(C)NC2=S)c1C. The van der Waals surface area contributed by atoms with Gasteiger partial charge in [-0.2, -0.15) is 0 Å². The molecule has 90 valence electrons. The third-order valence-electron chi connectivity index (χ3n) is 3.12. The zero-order valence-electron chi connectivity index (χ0n) is 10.7. The van der Waals surface area contributed by atoms with Gasteiger partial charge >= 0.3 is 0 Å². The first kappa shape index (κ1) is 12.1. The minimum Gasteiger partial charge on any atom is -0.354 e. The number of hydrogen-bond acceptors (Lipinski definition) is 1. The Bertz CT molecular complexity index is 489. The number of rotatable bonds is 1. The Kier molecular flexibility index (Phi) is 2.96. The van der Waals surface area contributed by atoms with E-state index in [0.29, 0.717) is 0 Å². The molecule has 0 saturated heterocycles. The lowest BCUT2D eigenvalue weighted by atomic mass is 10.0. The van der Waals surface area contributed by atoms with Crippen LogP contribution in [0.3, 0.4) is 0 Å². The van der Waals surface area contributed by atoms with Gasteiger partial charge in [-0.15, -0.1) is 0 Å². The summed E-state index contributed by atoms with van der Waals surface area (Å²) in [5, 5.41) is 4.08. The molecule has 1 aliphatic heterocycles. The van der Waals surface area contributed by atoms with E-state index in [9.17, 15) is 0 Å². The fourth-order valence-electron chi connectivity index (χ4n) is 1.89. The molecule has 2 rings (SSSR count). The number of nitrogens with one attached hydrogen (secondary N) is 1. The van der Waals surface area contributed by atoms with Crippen LogP contribution in [0.4, 0.5) is 5.69 Å². The minimum atomic E-state index is -0.0642. The molecule has 17 heavy (non-hydrogen) atoms. The summed E-state index contributed by atoms with van der Waals surface area (Å²) in [5.74, 6) is 0. The van der Waals surface area contributed by atoms with E-state index in [0.717, 1.165) is 10.8 Å². The van der Waals surface area contributed by atoms with Crippen LogP contribution in [0, 0.1) is 13.8 Å². The van der Waals surface area contributed by atoms with Crippen LogP contribution < -0.4 is 10.2 Å². The molecule has 0 fully saturated rings. The van der Waals surface area contributed by atoms with Crippen LogP contribution in [-0.4, -0.2) is 10.7 Å². The van der Waals surface area contributed by atoms with E-state index in [1.807, 2.05) is 4.90 Å². The Labute approximate surface area is 108 Å². The molecule has 0 atom stereocenters. The Balaban J connectivity index is 2.42. The zero-order valence-corrected chi connectivity index (χ0v) is 11.6. The van der Waals surface area contributed by atoms with Crippen molar-refractivity contribution >= 4 is 23.0 Å². The Hall–Kier alpha value is -1.35. The van der Waals surface area contributed by atoms with Gasteiger partial charge in [0.25, 0.3) is 0 Å². The van der Waals surface area contributed by atoms with E-state index in [4.69, 9.17) is 12.2 Å². The van der Waals surface area contributed by atoms with E-state index in [2.05, 4.69) is 63.5 Å². The molecule has 1 aliphatic rings. The van der Waals surface area contributed by atoms with Gasteiger partial charge in [-0.25, -0.2) is 0 Å². The van der Waals surface area contributed by atoms with Gasteiger partial charge in [0.1, 0.15) is 0 Å². The second kappa shape index (κ2) is 4.15. The topological polar surface area (TPSA) is 15.3 Å². The van der Waals surface area contributed by atoms with Gasteiger partial charge in [-0.05, 0) is 63.2 Å². The molecule has 0 unspecified atom stereocenters. The van der Waals surface area contributed by atoms with Gasteiger partial charge in [-0.1, -0.05) is 12.1 Å². The number of aryl methyl sites for hydroxylation is 1. The highest BCUT2D eigenvalue weighted by Crippen LogP contribution is 2.26. The molecule has 1 aromatic rings. The minimum absolute atomic E-state index is 0.0642. The maximum Gasteiger partial charge on any atom is 0.178 e. The fraction of sp³-hybridized carbons (Fsp3) is 0.357. The summed E-state index contributed by atoms with van der Waals surface area (Å²) in [6, 6.07) is 6.28. The summed E-state index contributed by atoms with van der Waals surface area (Å²) in [4.78, 5) is 2.03. The van der Waals surface area contributed by atoms with Crippen molar-refractivity contribution in [2.45, 2.75) is 33.2 Å². The predicted octanol–water partition coefficient (Wildman–Crippen LogP) is 3.29. The highest BCUT2D eigenvalue weighted by atomic mass is 32.1. The van der Waals surface area contributed by atoms with Crippen LogP contribution in [0.15, 0.2) is 30.5 Å². The van der Waals surface area contributed by atoms with Crippen LogP contribution in [0.25, 0.3) is 0 Å². The van der Waals surface area contributed by atoms with Crippen molar-refractivity contribution < 1.29 is 0 Å². The second-order valence-corrected chi connectivity index (χ2v) is 5.44. The molecule has 2 nitrogen and oxygen atoms in total. The van der Waals surface area contributed by atoms with Gasteiger partial charge in [0.2, 0.25) is 0 Å². The van der Waals surface area contributed by atoms with Crippen molar-refractivity contribution in [1.29, 1.82) is 0 Å². The number of anilines is 1. The molecular formula is C14H18N2S. The number of thiocarbonyl (C=S) groups is 1. The van der Waals surface area contributed by atoms with Crippen molar-refractivity contribution in [3.8, 4) is 0 Å². The molecular weight excluding hydrogens is 228 g/mol. The van der Waals surface area contributed by atoms with Gasteiger partial charge in [-0.3, -0.25) is 4.90 Å². The summed E-state index contributed by atoms with van der Waals surface area (Å²) in [6.07, 6.45) is 4.19. The zero-order chi connectivity index (χ0) is 12.6. The van der Waals surface area contributed by atoms with Crippen molar-refractivity contribution in [1.82, 2.24) is 5.32 Å². The molecule has 0 aliphatic carbocycles. The first-order chi connectivity index (χ1) is 7.91. The monoisotopic (exact) mass is 246 g/mol. The molecule has 0 spiro atoms. The molecule has 0 radical (unpaired) electrons. The maximum absolute atomic E-state index is 5.42. The van der Waals surface area contributed by atoms with Gasteiger partial charge in [0.05, 0.1) is 11.2 Å². The van der Waals surface area contributed by atoms with E-state index in [1.54, 1.807) is 0 Å². The van der Waals surface area contributed by atoms with Crippen LogP contribution in [0.1, 0.15) is 25.0 Å². The molecule has 1 heterocycles. The smallest absolute Gasteiger partial charge is 0.178 e. The second-order valence-electron chi connectivity index (χ2n) is 5.06. The number of hydrogen-bond donors (Lipinski definition) is 1. The molecule has 3 heteroatoms.